The van der Waals surface area contributed by atoms with Crippen molar-refractivity contribution in [1.82, 2.24) is 9.97 Å². The molecule has 0 aromatic carbocycles. The number of unbranched alkanes of at least 4 members (excludes halogenated alkanes) is 1. The van der Waals surface area contributed by atoms with E-state index in [1.165, 1.54) is 19.6 Å². The number of ether oxygens (including phenoxy) is 3. The van der Waals surface area contributed by atoms with Crippen LogP contribution >= 0.6 is 0 Å². The molecule has 0 aliphatic carbocycles. The zero-order chi connectivity index (χ0) is 13.2. The van der Waals surface area contributed by atoms with Gasteiger partial charge in [-0.05, 0) is 6.42 Å². The van der Waals surface area contributed by atoms with Crippen molar-refractivity contribution in [2.45, 2.75) is 19.8 Å². The fourth-order valence-corrected chi connectivity index (χ4v) is 1.23. The first-order valence-electron chi connectivity index (χ1n) is 5.88. The quantitative estimate of drug-likeness (QED) is 0.516. The first-order valence-corrected chi connectivity index (χ1v) is 5.88. The predicted octanol–water partition coefficient (Wildman–Crippen LogP) is 1.46. The summed E-state index contributed by atoms with van der Waals surface area (Å²) in [6.45, 7) is 3.62. The van der Waals surface area contributed by atoms with Crippen molar-refractivity contribution < 1.29 is 19.0 Å². The molecule has 6 nitrogen and oxygen atoms in total. The van der Waals surface area contributed by atoms with Crippen LogP contribution in [0.4, 0.5) is 0 Å². The lowest BCUT2D eigenvalue weighted by atomic mass is 10.3. The van der Waals surface area contributed by atoms with Gasteiger partial charge in [0.15, 0.2) is 0 Å². The Kier molecular flexibility index (Phi) is 6.71. The molecule has 1 aromatic rings. The van der Waals surface area contributed by atoms with Crippen LogP contribution in [-0.4, -0.2) is 42.9 Å². The lowest BCUT2D eigenvalue weighted by molar-refractivity contribution is 0.0588. The molecule has 0 N–H and O–H groups in total. The maximum atomic E-state index is 11.4. The number of esters is 1. The van der Waals surface area contributed by atoms with Gasteiger partial charge in [0.05, 0.1) is 13.7 Å². The number of hydrogen-bond donors (Lipinski definition) is 0. The van der Waals surface area contributed by atoms with Gasteiger partial charge in [-0.25, -0.2) is 14.8 Å². The largest absolute Gasteiger partial charge is 0.475 e. The minimum absolute atomic E-state index is 0.216. The Bertz CT molecular complexity index is 371. The Hall–Kier alpha value is -1.69. The van der Waals surface area contributed by atoms with E-state index in [1.54, 1.807) is 0 Å². The van der Waals surface area contributed by atoms with Crippen LogP contribution in [0.5, 0.6) is 5.88 Å². The van der Waals surface area contributed by atoms with E-state index in [2.05, 4.69) is 21.6 Å². The summed E-state index contributed by atoms with van der Waals surface area (Å²) in [5.41, 5.74) is 0.216. The summed E-state index contributed by atoms with van der Waals surface area (Å²) < 4.78 is 15.3. The van der Waals surface area contributed by atoms with Crippen LogP contribution in [-0.2, 0) is 9.47 Å². The van der Waals surface area contributed by atoms with E-state index in [4.69, 9.17) is 9.47 Å². The van der Waals surface area contributed by atoms with E-state index in [0.29, 0.717) is 19.8 Å². The Balaban J connectivity index is 2.39. The standard InChI is InChI=1S/C12H18N2O4/c1-3-4-5-17-6-7-18-11-10(12(15)16-2)8-13-9-14-11/h8-9H,3-7H2,1-2H3. The Morgan fingerprint density at radius 1 is 1.33 bits per heavy atom. The number of aromatic nitrogens is 2. The van der Waals surface area contributed by atoms with Crippen molar-refractivity contribution in [2.24, 2.45) is 0 Å². The summed E-state index contributed by atoms with van der Waals surface area (Å²) in [5, 5.41) is 0. The van der Waals surface area contributed by atoms with Gasteiger partial charge >= 0.3 is 5.97 Å². The molecule has 0 saturated carbocycles. The van der Waals surface area contributed by atoms with Gasteiger partial charge in [-0.15, -0.1) is 0 Å². The second-order valence-corrected chi connectivity index (χ2v) is 3.55. The van der Waals surface area contributed by atoms with E-state index >= 15 is 0 Å². The third kappa shape index (κ3) is 4.67. The minimum Gasteiger partial charge on any atom is -0.475 e. The van der Waals surface area contributed by atoms with E-state index in [-0.39, 0.29) is 11.4 Å². The number of methoxy groups -OCH3 is 1. The van der Waals surface area contributed by atoms with Gasteiger partial charge in [0.1, 0.15) is 18.5 Å². The predicted molar refractivity (Wildman–Crippen MR) is 64.6 cm³/mol. The molecule has 1 heterocycles. The lowest BCUT2D eigenvalue weighted by Crippen LogP contribution is -2.12. The van der Waals surface area contributed by atoms with Gasteiger partial charge in [0.2, 0.25) is 5.88 Å². The molecular formula is C12H18N2O4. The number of carbonyl (C=O) groups is 1. The van der Waals surface area contributed by atoms with Crippen molar-refractivity contribution in [3.8, 4) is 5.88 Å². The average Bonchev–Trinajstić information content (AvgIpc) is 2.42. The molecule has 0 fully saturated rings. The van der Waals surface area contributed by atoms with Crippen molar-refractivity contribution in [2.75, 3.05) is 26.9 Å². The SMILES string of the molecule is CCCCOCCOc1ncncc1C(=O)OC. The summed E-state index contributed by atoms with van der Waals surface area (Å²) in [4.78, 5) is 19.0. The first-order chi connectivity index (χ1) is 8.79. The van der Waals surface area contributed by atoms with Crippen LogP contribution in [0.3, 0.4) is 0 Å². The second-order valence-electron chi connectivity index (χ2n) is 3.55. The third-order valence-corrected chi connectivity index (χ3v) is 2.19. The van der Waals surface area contributed by atoms with Crippen LogP contribution in [0, 0.1) is 0 Å². The van der Waals surface area contributed by atoms with Gasteiger partial charge in [0, 0.05) is 12.8 Å². The fraction of sp³-hybridized carbons (Fsp3) is 0.583. The molecule has 1 aromatic heterocycles. The maximum Gasteiger partial charge on any atom is 0.344 e. The molecular weight excluding hydrogens is 236 g/mol. The molecule has 0 bridgehead atoms. The van der Waals surface area contributed by atoms with Crippen molar-refractivity contribution in [3.63, 3.8) is 0 Å². The highest BCUT2D eigenvalue weighted by Crippen LogP contribution is 2.13. The number of hydrogen-bond acceptors (Lipinski definition) is 6. The monoisotopic (exact) mass is 254 g/mol. The minimum atomic E-state index is -0.516. The maximum absolute atomic E-state index is 11.4. The molecule has 0 aliphatic heterocycles. The summed E-state index contributed by atoms with van der Waals surface area (Å²) >= 11 is 0. The Morgan fingerprint density at radius 3 is 2.89 bits per heavy atom. The van der Waals surface area contributed by atoms with Gasteiger partial charge in [-0.1, -0.05) is 13.3 Å². The van der Waals surface area contributed by atoms with Crippen molar-refractivity contribution in [1.29, 1.82) is 0 Å². The van der Waals surface area contributed by atoms with Crippen molar-refractivity contribution in [3.05, 3.63) is 18.1 Å². The topological polar surface area (TPSA) is 70.5 Å². The molecule has 1 rings (SSSR count). The summed E-state index contributed by atoms with van der Waals surface area (Å²) in [7, 11) is 1.30. The number of nitrogens with zero attached hydrogens (tertiary/aromatic N) is 2. The highest BCUT2D eigenvalue weighted by molar-refractivity contribution is 5.91. The molecule has 0 unspecified atom stereocenters. The first kappa shape index (κ1) is 14.4. The molecule has 0 atom stereocenters. The van der Waals surface area contributed by atoms with E-state index in [9.17, 15) is 4.79 Å². The van der Waals surface area contributed by atoms with Crippen LogP contribution < -0.4 is 4.74 Å². The molecule has 0 aliphatic rings. The van der Waals surface area contributed by atoms with Gasteiger partial charge in [0.25, 0.3) is 0 Å². The highest BCUT2D eigenvalue weighted by Gasteiger charge is 2.14. The van der Waals surface area contributed by atoms with Crippen LogP contribution in [0.15, 0.2) is 12.5 Å². The summed E-state index contributed by atoms with van der Waals surface area (Å²) in [5.74, 6) is -0.298. The summed E-state index contributed by atoms with van der Waals surface area (Å²) in [6.07, 6.45) is 4.81. The van der Waals surface area contributed by atoms with E-state index in [1.807, 2.05) is 0 Å². The van der Waals surface area contributed by atoms with Gasteiger partial charge in [-0.2, -0.15) is 0 Å². The van der Waals surface area contributed by atoms with E-state index in [0.717, 1.165) is 12.8 Å². The van der Waals surface area contributed by atoms with Crippen LogP contribution in [0.2, 0.25) is 0 Å². The van der Waals surface area contributed by atoms with Gasteiger partial charge < -0.3 is 14.2 Å². The smallest absolute Gasteiger partial charge is 0.344 e. The second kappa shape index (κ2) is 8.41. The Labute approximate surface area is 106 Å². The molecule has 0 spiro atoms. The zero-order valence-corrected chi connectivity index (χ0v) is 10.7. The van der Waals surface area contributed by atoms with Crippen LogP contribution in [0.25, 0.3) is 0 Å². The highest BCUT2D eigenvalue weighted by atomic mass is 16.5. The van der Waals surface area contributed by atoms with E-state index < -0.39 is 5.97 Å². The lowest BCUT2D eigenvalue weighted by Gasteiger charge is -2.08. The molecule has 0 amide bonds. The van der Waals surface area contributed by atoms with Crippen molar-refractivity contribution >= 4 is 5.97 Å². The van der Waals surface area contributed by atoms with Gasteiger partial charge in [-0.3, -0.25) is 0 Å². The molecule has 18 heavy (non-hydrogen) atoms. The van der Waals surface area contributed by atoms with Crippen LogP contribution in [0.1, 0.15) is 30.1 Å². The summed E-state index contributed by atoms with van der Waals surface area (Å²) in [6, 6.07) is 0. The average molecular weight is 254 g/mol. The fourth-order valence-electron chi connectivity index (χ4n) is 1.23. The molecule has 6 heteroatoms. The molecule has 100 valence electrons. The number of rotatable bonds is 8. The molecule has 0 saturated heterocycles. The Morgan fingerprint density at radius 2 is 2.17 bits per heavy atom. The number of carbonyl (C=O) groups excluding carboxylic acids is 1. The third-order valence-electron chi connectivity index (χ3n) is 2.19. The zero-order valence-electron chi connectivity index (χ0n) is 10.7. The normalized spacial score (nSPS) is 10.1. The molecule has 0 radical (unpaired) electrons.